The first kappa shape index (κ1) is 29.3. The van der Waals surface area contributed by atoms with E-state index in [4.69, 9.17) is 16.1 Å². The molecular formula is C35H34F3N5O3. The Morgan fingerprint density at radius 1 is 1.11 bits per heavy atom. The SMILES string of the molecule is C#Cc1c(F)ccc2cc(O)cc(-c3ncc4c(N5C[C@@H]6C[C@@](C)(O)C[C@@H]6C5)nc(OC[C@@]56CCCN5C[C@H](F)C6)nc4c3F)c12. The Balaban J connectivity index is 1.26. The fourth-order valence-corrected chi connectivity index (χ4v) is 8.70. The quantitative estimate of drug-likeness (QED) is 0.285. The average molecular weight is 630 g/mol. The average Bonchev–Trinajstić information content (AvgIpc) is 3.73. The fourth-order valence-electron chi connectivity index (χ4n) is 8.70. The maximum atomic E-state index is 16.8. The van der Waals surface area contributed by atoms with Gasteiger partial charge in [-0.1, -0.05) is 12.0 Å². The number of nitrogens with zero attached hydrogens (tertiary/aromatic N) is 5. The molecule has 0 radical (unpaired) electrons. The Bertz CT molecular complexity index is 1930. The van der Waals surface area contributed by atoms with Gasteiger partial charge in [-0.05, 0) is 74.6 Å². The first-order valence-electron chi connectivity index (χ1n) is 15.8. The third-order valence-electron chi connectivity index (χ3n) is 10.6. The maximum absolute atomic E-state index is 16.8. The van der Waals surface area contributed by atoms with Crippen LogP contribution in [-0.4, -0.2) is 80.2 Å². The highest BCUT2D eigenvalue weighted by Crippen LogP contribution is 2.46. The molecule has 2 aromatic heterocycles. The number of hydrogen-bond donors (Lipinski definition) is 2. The Labute approximate surface area is 264 Å². The summed E-state index contributed by atoms with van der Waals surface area (Å²) in [5, 5.41) is 22.2. The highest BCUT2D eigenvalue weighted by Gasteiger charge is 2.50. The minimum Gasteiger partial charge on any atom is -0.508 e. The number of anilines is 1. The molecule has 238 valence electrons. The minimum absolute atomic E-state index is 0.0257. The molecule has 3 aliphatic heterocycles. The summed E-state index contributed by atoms with van der Waals surface area (Å²) in [5.74, 6) is 1.74. The smallest absolute Gasteiger partial charge is 0.319 e. The summed E-state index contributed by atoms with van der Waals surface area (Å²) in [7, 11) is 0. The molecule has 1 saturated carbocycles. The summed E-state index contributed by atoms with van der Waals surface area (Å²) in [4.78, 5) is 18.0. The van der Waals surface area contributed by atoms with Gasteiger partial charge < -0.3 is 19.8 Å². The molecule has 8 nitrogen and oxygen atoms in total. The van der Waals surface area contributed by atoms with Gasteiger partial charge in [0.05, 0.1) is 22.1 Å². The molecule has 0 spiro atoms. The third kappa shape index (κ3) is 4.64. The van der Waals surface area contributed by atoms with E-state index in [0.717, 1.165) is 19.4 Å². The first-order chi connectivity index (χ1) is 22.0. The molecular weight excluding hydrogens is 595 g/mol. The van der Waals surface area contributed by atoms with Crippen LogP contribution in [-0.2, 0) is 0 Å². The van der Waals surface area contributed by atoms with Crippen molar-refractivity contribution < 1.29 is 28.1 Å². The number of alkyl halides is 1. The number of rotatable bonds is 5. The van der Waals surface area contributed by atoms with Crippen LogP contribution in [0.3, 0.4) is 0 Å². The molecule has 2 aromatic carbocycles. The zero-order valence-corrected chi connectivity index (χ0v) is 25.4. The van der Waals surface area contributed by atoms with Gasteiger partial charge in [0.15, 0.2) is 5.82 Å². The lowest BCUT2D eigenvalue weighted by atomic mass is 9.95. The van der Waals surface area contributed by atoms with Gasteiger partial charge in [-0.2, -0.15) is 9.97 Å². The standard InChI is InChI=1S/C35H34F3N5O3/c1-3-24-27(37)6-5-19-9-23(44)10-25(28(19)24)30-29(38)31-26(14-39-30)32(42-15-20-11-34(2,45)12-21(20)16-42)41-33(40-31)46-18-35-7-4-8-43(35)17-22(36)13-35/h1,5-6,9-10,14,20-22,44-45H,4,7-8,11-13,15-18H2,2H3/t20-,21+,22-,34+,35+/m1/s1. The molecule has 0 unspecified atom stereocenters. The maximum Gasteiger partial charge on any atom is 0.319 e. The lowest BCUT2D eigenvalue weighted by molar-refractivity contribution is 0.0601. The van der Waals surface area contributed by atoms with Gasteiger partial charge >= 0.3 is 6.01 Å². The number of benzene rings is 2. The number of hydrogen-bond acceptors (Lipinski definition) is 8. The van der Waals surface area contributed by atoms with Gasteiger partial charge in [0, 0.05) is 43.2 Å². The zero-order valence-electron chi connectivity index (χ0n) is 25.4. The van der Waals surface area contributed by atoms with E-state index in [2.05, 4.69) is 25.7 Å². The Hall–Kier alpha value is -4.14. The minimum atomic E-state index is -0.931. The molecule has 4 fully saturated rings. The summed E-state index contributed by atoms with van der Waals surface area (Å²) < 4.78 is 52.3. The molecule has 4 aromatic rings. The Morgan fingerprint density at radius 2 is 1.89 bits per heavy atom. The normalized spacial score (nSPS) is 29.0. The number of fused-ring (bicyclic) bond motifs is 4. The van der Waals surface area contributed by atoms with Crippen molar-refractivity contribution in [3.8, 4) is 35.4 Å². The van der Waals surface area contributed by atoms with Crippen molar-refractivity contribution >= 4 is 27.5 Å². The summed E-state index contributed by atoms with van der Waals surface area (Å²) in [6, 6.07) is 5.40. The van der Waals surface area contributed by atoms with Crippen LogP contribution in [0.25, 0.3) is 32.9 Å². The van der Waals surface area contributed by atoms with Crippen LogP contribution in [0.5, 0.6) is 11.8 Å². The first-order valence-corrected chi connectivity index (χ1v) is 15.8. The fraction of sp³-hybridized carbons (Fsp3) is 0.457. The van der Waals surface area contributed by atoms with E-state index in [1.165, 1.54) is 30.5 Å². The van der Waals surface area contributed by atoms with Crippen LogP contribution in [0.1, 0.15) is 44.6 Å². The van der Waals surface area contributed by atoms with E-state index in [1.807, 2.05) is 6.92 Å². The molecule has 4 aliphatic rings. The molecule has 1 aliphatic carbocycles. The molecule has 8 rings (SSSR count). The molecule has 5 heterocycles. The molecule has 3 saturated heterocycles. The number of ether oxygens (including phenoxy) is 1. The van der Waals surface area contributed by atoms with Crippen molar-refractivity contribution in [1.29, 1.82) is 0 Å². The largest absolute Gasteiger partial charge is 0.508 e. The van der Waals surface area contributed by atoms with E-state index >= 15 is 4.39 Å². The monoisotopic (exact) mass is 629 g/mol. The van der Waals surface area contributed by atoms with E-state index in [0.29, 0.717) is 55.5 Å². The van der Waals surface area contributed by atoms with E-state index < -0.39 is 28.9 Å². The Morgan fingerprint density at radius 3 is 2.65 bits per heavy atom. The lowest BCUT2D eigenvalue weighted by Gasteiger charge is -2.31. The van der Waals surface area contributed by atoms with Gasteiger partial charge in [-0.3, -0.25) is 9.88 Å². The zero-order chi connectivity index (χ0) is 32.0. The number of aromatic hydroxyl groups is 1. The Kier molecular flexibility index (Phi) is 6.64. The van der Waals surface area contributed by atoms with Crippen LogP contribution in [0.4, 0.5) is 19.0 Å². The number of phenolic OH excluding ortho intramolecular Hbond substituents is 1. The topological polar surface area (TPSA) is 94.8 Å². The number of pyridine rings is 1. The molecule has 0 bridgehead atoms. The third-order valence-corrected chi connectivity index (χ3v) is 10.6. The van der Waals surface area contributed by atoms with Crippen LogP contribution < -0.4 is 9.64 Å². The predicted molar refractivity (Wildman–Crippen MR) is 167 cm³/mol. The van der Waals surface area contributed by atoms with Crippen molar-refractivity contribution in [2.45, 2.75) is 56.3 Å². The van der Waals surface area contributed by atoms with Gasteiger partial charge in [0.2, 0.25) is 0 Å². The van der Waals surface area contributed by atoms with E-state index in [1.54, 1.807) is 0 Å². The summed E-state index contributed by atoms with van der Waals surface area (Å²) in [6.45, 7) is 4.46. The van der Waals surface area contributed by atoms with Crippen LogP contribution in [0, 0.1) is 35.8 Å². The van der Waals surface area contributed by atoms with E-state index in [9.17, 15) is 19.0 Å². The van der Waals surface area contributed by atoms with Crippen LogP contribution in [0.2, 0.25) is 0 Å². The number of aromatic nitrogens is 3. The lowest BCUT2D eigenvalue weighted by Crippen LogP contribution is -2.43. The van der Waals surface area contributed by atoms with Crippen molar-refractivity contribution in [3.63, 3.8) is 0 Å². The molecule has 46 heavy (non-hydrogen) atoms. The van der Waals surface area contributed by atoms with Crippen molar-refractivity contribution in [3.05, 3.63) is 47.7 Å². The van der Waals surface area contributed by atoms with E-state index in [-0.39, 0.29) is 57.9 Å². The highest BCUT2D eigenvalue weighted by molar-refractivity contribution is 6.03. The number of aliphatic hydroxyl groups is 1. The highest BCUT2D eigenvalue weighted by atomic mass is 19.1. The summed E-state index contributed by atoms with van der Waals surface area (Å²) >= 11 is 0. The molecule has 0 amide bonds. The van der Waals surface area contributed by atoms with Crippen LogP contribution >= 0.6 is 0 Å². The number of phenols is 1. The summed E-state index contributed by atoms with van der Waals surface area (Å²) in [5.41, 5.74) is -1.30. The van der Waals surface area contributed by atoms with Gasteiger partial charge in [-0.25, -0.2) is 13.2 Å². The number of terminal acetylenes is 1. The van der Waals surface area contributed by atoms with Gasteiger partial charge in [0.25, 0.3) is 0 Å². The van der Waals surface area contributed by atoms with Crippen molar-refractivity contribution in [2.75, 3.05) is 37.7 Å². The molecule has 2 N–H and O–H groups in total. The van der Waals surface area contributed by atoms with Crippen molar-refractivity contribution in [1.82, 2.24) is 19.9 Å². The molecule has 5 atom stereocenters. The van der Waals surface area contributed by atoms with Gasteiger partial charge in [-0.15, -0.1) is 6.42 Å². The van der Waals surface area contributed by atoms with Gasteiger partial charge in [0.1, 0.15) is 41.4 Å². The summed E-state index contributed by atoms with van der Waals surface area (Å²) in [6.07, 6.45) is 9.67. The van der Waals surface area contributed by atoms with Crippen molar-refractivity contribution in [2.24, 2.45) is 11.8 Å². The second-order valence-corrected chi connectivity index (χ2v) is 13.9. The second-order valence-electron chi connectivity index (χ2n) is 13.9. The number of halogens is 3. The predicted octanol–water partition coefficient (Wildman–Crippen LogP) is 5.36. The molecule has 11 heteroatoms. The van der Waals surface area contributed by atoms with Crippen LogP contribution in [0.15, 0.2) is 30.5 Å². The second kappa shape index (κ2) is 10.4.